The molecule has 2 aliphatic rings. The minimum atomic E-state index is -4.52. The Morgan fingerprint density at radius 3 is 2.44 bits per heavy atom. The lowest BCUT2D eigenvalue weighted by atomic mass is 9.80. The smallest absolute Gasteiger partial charge is 0.421 e. The molecule has 3 atom stereocenters. The fourth-order valence-electron chi connectivity index (χ4n) is 4.47. The second kappa shape index (κ2) is 10.0. The number of ether oxygens (including phenoxy) is 1. The molecule has 1 aromatic rings. The van der Waals surface area contributed by atoms with Crippen LogP contribution in [0.2, 0.25) is 0 Å². The van der Waals surface area contributed by atoms with Crippen LogP contribution in [-0.2, 0) is 33.2 Å². The molecule has 188 valence electrons. The van der Waals surface area contributed by atoms with E-state index in [0.717, 1.165) is 16.2 Å². The third-order valence-corrected chi connectivity index (χ3v) is 7.27. The SMILES string of the molecule is Cc1cccc(C)c1C(=O)OCCC(C)(C)COS(=O)(=O)ON1C(=O)C2C[C@H]1CC[C@H]2C(N)=O. The molecule has 2 bridgehead atoms. The standard InChI is InChI=1S/C23H32N2O8S/c1-14-6-5-7-15(2)19(14)22(28)31-11-10-23(3,4)13-32-34(29,30)33-25-16-8-9-17(20(24)26)18(12-16)21(25)27/h5-7,16-18H,8-13H2,1-4H3,(H2,24,26)/t16-,17-,18?/m1/s1. The molecule has 1 saturated heterocycles. The number of rotatable bonds is 10. The fourth-order valence-corrected chi connectivity index (χ4v) is 5.37. The van der Waals surface area contributed by atoms with E-state index in [9.17, 15) is 22.8 Å². The molecule has 1 heterocycles. The van der Waals surface area contributed by atoms with Gasteiger partial charge in [-0.05, 0) is 56.1 Å². The highest BCUT2D eigenvalue weighted by atomic mass is 32.3. The Bertz CT molecular complexity index is 1050. The number of benzene rings is 1. The van der Waals surface area contributed by atoms with Gasteiger partial charge in [0.25, 0.3) is 5.91 Å². The van der Waals surface area contributed by atoms with Crippen LogP contribution in [0, 0.1) is 31.1 Å². The first-order valence-corrected chi connectivity index (χ1v) is 12.6. The molecule has 1 aliphatic carbocycles. The summed E-state index contributed by atoms with van der Waals surface area (Å²) < 4.78 is 40.2. The van der Waals surface area contributed by atoms with Gasteiger partial charge in [0, 0.05) is 5.92 Å². The summed E-state index contributed by atoms with van der Waals surface area (Å²) in [6.45, 7) is 7.03. The number of carbonyl (C=O) groups excluding carboxylic acids is 3. The number of carbonyl (C=O) groups is 3. The van der Waals surface area contributed by atoms with Crippen molar-refractivity contribution in [1.29, 1.82) is 0 Å². The molecule has 1 saturated carbocycles. The van der Waals surface area contributed by atoms with Crippen LogP contribution in [-0.4, -0.2) is 50.5 Å². The van der Waals surface area contributed by atoms with E-state index in [2.05, 4.69) is 0 Å². The Morgan fingerprint density at radius 2 is 1.82 bits per heavy atom. The molecule has 1 unspecified atom stereocenters. The van der Waals surface area contributed by atoms with Crippen LogP contribution in [0.1, 0.15) is 61.0 Å². The van der Waals surface area contributed by atoms with Crippen LogP contribution >= 0.6 is 0 Å². The largest absolute Gasteiger partial charge is 0.462 e. The number of primary amides is 1. The van der Waals surface area contributed by atoms with E-state index in [0.29, 0.717) is 31.2 Å². The summed E-state index contributed by atoms with van der Waals surface area (Å²) in [5.74, 6) is -2.87. The quantitative estimate of drug-likeness (QED) is 0.486. The third kappa shape index (κ3) is 5.94. The summed E-state index contributed by atoms with van der Waals surface area (Å²) in [6.07, 6.45) is 1.49. The molecule has 0 aromatic heterocycles. The topological polar surface area (TPSA) is 142 Å². The zero-order chi connectivity index (χ0) is 25.3. The number of aryl methyl sites for hydroxylation is 2. The van der Waals surface area contributed by atoms with E-state index in [1.165, 1.54) is 0 Å². The number of hydrogen-bond donors (Lipinski definition) is 1. The van der Waals surface area contributed by atoms with Gasteiger partial charge < -0.3 is 10.5 Å². The minimum absolute atomic E-state index is 0.0761. The summed E-state index contributed by atoms with van der Waals surface area (Å²) >= 11 is 0. The predicted octanol–water partition coefficient (Wildman–Crippen LogP) is 2.18. The molecule has 11 heteroatoms. The summed E-state index contributed by atoms with van der Waals surface area (Å²) in [5.41, 5.74) is 6.85. The van der Waals surface area contributed by atoms with Gasteiger partial charge in [0.05, 0.1) is 30.7 Å². The van der Waals surface area contributed by atoms with Gasteiger partial charge >= 0.3 is 16.4 Å². The van der Waals surface area contributed by atoms with Gasteiger partial charge in [0.15, 0.2) is 0 Å². The van der Waals surface area contributed by atoms with Gasteiger partial charge in [-0.25, -0.2) is 8.98 Å². The molecular formula is C23H32N2O8S. The van der Waals surface area contributed by atoms with Crippen molar-refractivity contribution in [3.05, 3.63) is 34.9 Å². The van der Waals surface area contributed by atoms with E-state index in [1.54, 1.807) is 13.8 Å². The number of amides is 2. The number of esters is 1. The van der Waals surface area contributed by atoms with Crippen molar-refractivity contribution >= 4 is 28.2 Å². The zero-order valence-electron chi connectivity index (χ0n) is 19.9. The van der Waals surface area contributed by atoms with Crippen molar-refractivity contribution < 1.29 is 36.0 Å². The summed E-state index contributed by atoms with van der Waals surface area (Å²) in [5, 5.41) is 0.808. The molecule has 1 aromatic carbocycles. The highest BCUT2D eigenvalue weighted by Crippen LogP contribution is 2.41. The molecule has 2 fully saturated rings. The monoisotopic (exact) mass is 496 g/mol. The number of hydrogen-bond acceptors (Lipinski definition) is 8. The van der Waals surface area contributed by atoms with Crippen LogP contribution < -0.4 is 5.73 Å². The highest BCUT2D eigenvalue weighted by Gasteiger charge is 2.51. The van der Waals surface area contributed by atoms with Crippen LogP contribution in [0.15, 0.2) is 18.2 Å². The molecule has 10 nitrogen and oxygen atoms in total. The average Bonchev–Trinajstić information content (AvgIpc) is 2.96. The maximum absolute atomic E-state index is 12.6. The first-order valence-electron chi connectivity index (χ1n) is 11.3. The minimum Gasteiger partial charge on any atom is -0.462 e. The first-order chi connectivity index (χ1) is 15.8. The Morgan fingerprint density at radius 1 is 1.18 bits per heavy atom. The van der Waals surface area contributed by atoms with Gasteiger partial charge in [-0.2, -0.15) is 13.5 Å². The van der Waals surface area contributed by atoms with Gasteiger partial charge in [0.1, 0.15) is 0 Å². The molecule has 2 amide bonds. The number of hydroxylamine groups is 2. The molecule has 34 heavy (non-hydrogen) atoms. The normalized spacial score (nSPS) is 22.6. The second-order valence-electron chi connectivity index (χ2n) is 9.81. The summed E-state index contributed by atoms with van der Waals surface area (Å²) in [7, 11) is -4.52. The van der Waals surface area contributed by atoms with Crippen molar-refractivity contribution in [2.75, 3.05) is 13.2 Å². The predicted molar refractivity (Wildman–Crippen MR) is 121 cm³/mol. The van der Waals surface area contributed by atoms with Gasteiger partial charge in [0.2, 0.25) is 5.91 Å². The number of nitrogens with zero attached hydrogens (tertiary/aromatic N) is 1. The highest BCUT2D eigenvalue weighted by molar-refractivity contribution is 7.81. The molecule has 3 rings (SSSR count). The van der Waals surface area contributed by atoms with Gasteiger partial charge in [-0.1, -0.05) is 32.0 Å². The Labute approximate surface area is 200 Å². The van der Waals surface area contributed by atoms with E-state index in [4.69, 9.17) is 18.9 Å². The van der Waals surface area contributed by atoms with E-state index in [1.807, 2.05) is 32.0 Å². The number of fused-ring (bicyclic) bond motifs is 2. The lowest BCUT2D eigenvalue weighted by Gasteiger charge is -2.26. The van der Waals surface area contributed by atoms with E-state index in [-0.39, 0.29) is 13.2 Å². The zero-order valence-corrected chi connectivity index (χ0v) is 20.7. The van der Waals surface area contributed by atoms with Crippen molar-refractivity contribution in [2.24, 2.45) is 23.0 Å². The van der Waals surface area contributed by atoms with Crippen LogP contribution in [0.3, 0.4) is 0 Å². The molecule has 0 radical (unpaired) electrons. The molecular weight excluding hydrogens is 464 g/mol. The van der Waals surface area contributed by atoms with E-state index >= 15 is 0 Å². The Kier molecular flexibility index (Phi) is 7.69. The molecule has 1 aliphatic heterocycles. The molecule has 0 spiro atoms. The molecule has 2 N–H and O–H groups in total. The Hall–Kier alpha value is -2.50. The number of nitrogens with two attached hydrogens (primary N) is 1. The Balaban J connectivity index is 1.50. The second-order valence-corrected chi connectivity index (χ2v) is 11.0. The first kappa shape index (κ1) is 26.1. The fraction of sp³-hybridized carbons (Fsp3) is 0.609. The maximum atomic E-state index is 12.6. The third-order valence-electron chi connectivity index (χ3n) is 6.52. The van der Waals surface area contributed by atoms with Crippen molar-refractivity contribution in [3.63, 3.8) is 0 Å². The van der Waals surface area contributed by atoms with Crippen molar-refractivity contribution in [3.8, 4) is 0 Å². The summed E-state index contributed by atoms with van der Waals surface area (Å²) in [4.78, 5) is 36.6. The van der Waals surface area contributed by atoms with Gasteiger partial charge in [-0.3, -0.25) is 9.59 Å². The lowest BCUT2D eigenvalue weighted by molar-refractivity contribution is -0.159. The van der Waals surface area contributed by atoms with Crippen LogP contribution in [0.25, 0.3) is 0 Å². The maximum Gasteiger partial charge on any atom is 0.421 e. The van der Waals surface area contributed by atoms with Crippen molar-refractivity contribution in [1.82, 2.24) is 5.06 Å². The van der Waals surface area contributed by atoms with Crippen LogP contribution in [0.4, 0.5) is 0 Å². The lowest BCUT2D eigenvalue weighted by Crippen LogP contribution is -2.37. The van der Waals surface area contributed by atoms with E-state index < -0.39 is 51.5 Å². The average molecular weight is 497 g/mol. The van der Waals surface area contributed by atoms with Gasteiger partial charge in [-0.15, -0.1) is 4.28 Å². The summed E-state index contributed by atoms with van der Waals surface area (Å²) in [6, 6.07) is 5.09. The van der Waals surface area contributed by atoms with Crippen LogP contribution in [0.5, 0.6) is 0 Å². The van der Waals surface area contributed by atoms with Crippen molar-refractivity contribution in [2.45, 2.75) is 59.4 Å².